The molecule has 0 aliphatic carbocycles. The molecule has 10 heteroatoms. The van der Waals surface area contributed by atoms with E-state index in [2.05, 4.69) is 16.8 Å². The van der Waals surface area contributed by atoms with Crippen molar-refractivity contribution in [2.24, 2.45) is 0 Å². The van der Waals surface area contributed by atoms with Gasteiger partial charge >= 0.3 is 23.9 Å². The Morgan fingerprint density at radius 2 is 1.32 bits per heavy atom. The zero-order chi connectivity index (χ0) is 25.0. The summed E-state index contributed by atoms with van der Waals surface area (Å²) in [7, 11) is 0. The summed E-state index contributed by atoms with van der Waals surface area (Å²) in [6.45, 7) is 4.79. The molecule has 174 valence electrons. The number of aromatic amines is 1. The molecule has 0 spiro atoms. The minimum Gasteiger partial charge on any atom is -0.423 e. The molecule has 10 nitrogen and oxygen atoms in total. The highest BCUT2D eigenvalue weighted by Gasteiger charge is 2.19. The van der Waals surface area contributed by atoms with Crippen molar-refractivity contribution in [3.05, 3.63) is 41.6 Å². The summed E-state index contributed by atoms with van der Waals surface area (Å²) in [5.74, 6) is 3.04. The fourth-order valence-corrected chi connectivity index (χ4v) is 3.04. The molecule has 1 heterocycles. The summed E-state index contributed by atoms with van der Waals surface area (Å²) in [4.78, 5) is 49.2. The number of nitrogen functional groups attached to an aromatic ring is 1. The fraction of sp³-hybridized carbons (Fsp3) is 0.167. The highest BCUT2D eigenvalue weighted by Crippen LogP contribution is 2.38. The number of fused-ring (bicyclic) bond motifs is 1. The minimum absolute atomic E-state index is 0.0119. The van der Waals surface area contributed by atoms with E-state index in [1.807, 2.05) is 0 Å². The van der Waals surface area contributed by atoms with Gasteiger partial charge in [0.25, 0.3) is 0 Å². The van der Waals surface area contributed by atoms with Crippen molar-refractivity contribution < 1.29 is 38.1 Å². The van der Waals surface area contributed by atoms with Crippen molar-refractivity contribution >= 4 is 40.5 Å². The third-order valence-corrected chi connectivity index (χ3v) is 4.21. The van der Waals surface area contributed by atoms with Crippen LogP contribution in [-0.4, -0.2) is 28.9 Å². The number of carbonyl (C=O) groups is 4. The third-order valence-electron chi connectivity index (χ3n) is 4.21. The van der Waals surface area contributed by atoms with Gasteiger partial charge in [-0.05, 0) is 12.1 Å². The molecule has 3 aromatic rings. The van der Waals surface area contributed by atoms with Crippen molar-refractivity contribution in [2.45, 2.75) is 27.7 Å². The van der Waals surface area contributed by atoms with E-state index in [9.17, 15) is 19.2 Å². The molecule has 0 aliphatic rings. The van der Waals surface area contributed by atoms with Crippen molar-refractivity contribution in [3.63, 3.8) is 0 Å². The molecule has 0 saturated heterocycles. The molecule has 2 aromatic carbocycles. The molecule has 0 saturated carbocycles. The smallest absolute Gasteiger partial charge is 0.308 e. The van der Waals surface area contributed by atoms with Crippen LogP contribution in [0, 0.1) is 11.8 Å². The molecule has 0 unspecified atom stereocenters. The van der Waals surface area contributed by atoms with E-state index in [-0.39, 0.29) is 39.8 Å². The number of nitrogens with two attached hydrogens (primary N) is 1. The molecule has 0 fully saturated rings. The molecule has 3 rings (SSSR count). The highest BCUT2D eigenvalue weighted by atomic mass is 16.6. The predicted octanol–water partition coefficient (Wildman–Crippen LogP) is 2.85. The summed E-state index contributed by atoms with van der Waals surface area (Å²) >= 11 is 0. The van der Waals surface area contributed by atoms with Crippen LogP contribution in [0.3, 0.4) is 0 Å². The lowest BCUT2D eigenvalue weighted by atomic mass is 10.1. The first-order valence-corrected chi connectivity index (χ1v) is 9.88. The number of hydrogen-bond acceptors (Lipinski definition) is 9. The zero-order valence-corrected chi connectivity index (χ0v) is 18.7. The first-order chi connectivity index (χ1) is 16.0. The second-order valence-corrected chi connectivity index (χ2v) is 7.03. The van der Waals surface area contributed by atoms with Gasteiger partial charge in [0.15, 0.2) is 23.0 Å². The van der Waals surface area contributed by atoms with Gasteiger partial charge in [-0.15, -0.1) is 0 Å². The maximum atomic E-state index is 11.7. The van der Waals surface area contributed by atoms with Crippen LogP contribution in [0.4, 0.5) is 5.69 Å². The van der Waals surface area contributed by atoms with E-state index < -0.39 is 23.9 Å². The maximum Gasteiger partial charge on any atom is 0.308 e. The summed E-state index contributed by atoms with van der Waals surface area (Å²) < 4.78 is 20.7. The monoisotopic (exact) mass is 464 g/mol. The van der Waals surface area contributed by atoms with Crippen molar-refractivity contribution in [1.29, 1.82) is 0 Å². The Morgan fingerprint density at radius 1 is 0.765 bits per heavy atom. The lowest BCUT2D eigenvalue weighted by Gasteiger charge is -2.12. The average Bonchev–Trinajstić information content (AvgIpc) is 3.17. The number of hydrogen-bond donors (Lipinski definition) is 2. The van der Waals surface area contributed by atoms with Crippen LogP contribution >= 0.6 is 0 Å². The minimum atomic E-state index is -0.648. The van der Waals surface area contributed by atoms with Crippen LogP contribution in [0.2, 0.25) is 0 Å². The predicted molar refractivity (Wildman–Crippen MR) is 120 cm³/mol. The van der Waals surface area contributed by atoms with Crippen LogP contribution in [-0.2, 0) is 19.2 Å². The second-order valence-electron chi connectivity index (χ2n) is 7.03. The van der Waals surface area contributed by atoms with Gasteiger partial charge in [-0.2, -0.15) is 0 Å². The normalized spacial score (nSPS) is 10.1. The van der Waals surface area contributed by atoms with Gasteiger partial charge in [0, 0.05) is 51.4 Å². The van der Waals surface area contributed by atoms with E-state index in [0.717, 1.165) is 0 Å². The average molecular weight is 464 g/mol. The number of benzene rings is 2. The standard InChI is InChI=1S/C24H20N2O8/c1-12(27)31-20-9-16(19(25)11-21(20)32-13(2)28)5-6-18-23-17(7-8-26-23)10-22(33-14(3)29)24(18)34-15(4)30/h7-11,26H,25H2,1-4H3. The van der Waals surface area contributed by atoms with Gasteiger partial charge in [0.2, 0.25) is 0 Å². The molecule has 0 radical (unpaired) electrons. The van der Waals surface area contributed by atoms with Gasteiger partial charge in [0.05, 0.1) is 22.3 Å². The van der Waals surface area contributed by atoms with Crippen LogP contribution in [0.5, 0.6) is 23.0 Å². The first kappa shape index (κ1) is 23.9. The summed E-state index contributed by atoms with van der Waals surface area (Å²) in [6, 6.07) is 5.91. The lowest BCUT2D eigenvalue weighted by Crippen LogP contribution is -2.09. The number of H-pyrrole nitrogens is 1. The third kappa shape index (κ3) is 5.52. The number of anilines is 1. The van der Waals surface area contributed by atoms with Gasteiger partial charge in [0.1, 0.15) is 0 Å². The van der Waals surface area contributed by atoms with Crippen LogP contribution in [0.1, 0.15) is 38.8 Å². The van der Waals surface area contributed by atoms with E-state index in [4.69, 9.17) is 24.7 Å². The molecule has 0 aliphatic heterocycles. The van der Waals surface area contributed by atoms with Crippen molar-refractivity contribution in [1.82, 2.24) is 4.98 Å². The van der Waals surface area contributed by atoms with Crippen molar-refractivity contribution in [2.75, 3.05) is 5.73 Å². The Kier molecular flexibility index (Phi) is 6.87. The Morgan fingerprint density at radius 3 is 1.91 bits per heavy atom. The molecule has 0 bridgehead atoms. The van der Waals surface area contributed by atoms with Crippen LogP contribution in [0.25, 0.3) is 10.9 Å². The maximum absolute atomic E-state index is 11.7. The summed E-state index contributed by atoms with van der Waals surface area (Å²) in [6.07, 6.45) is 1.64. The second kappa shape index (κ2) is 9.79. The number of esters is 4. The largest absolute Gasteiger partial charge is 0.423 e. The molecule has 1 aromatic heterocycles. The Labute approximate surface area is 193 Å². The highest BCUT2D eigenvalue weighted by molar-refractivity contribution is 5.92. The SMILES string of the molecule is CC(=O)Oc1cc(N)c(C#Cc2c(OC(C)=O)c(OC(C)=O)cc3cc[nH]c23)cc1OC(C)=O. The topological polar surface area (TPSA) is 147 Å². The number of aromatic nitrogens is 1. The van der Waals surface area contributed by atoms with E-state index in [1.165, 1.54) is 45.9 Å². The Bertz CT molecular complexity index is 1390. The molecular formula is C24H20N2O8. The molecule has 0 amide bonds. The summed E-state index contributed by atoms with van der Waals surface area (Å²) in [5, 5.41) is 0.648. The van der Waals surface area contributed by atoms with E-state index in [0.29, 0.717) is 10.9 Å². The quantitative estimate of drug-likeness (QED) is 0.257. The number of nitrogens with one attached hydrogen (secondary N) is 1. The Hall–Kier alpha value is -4.78. The van der Waals surface area contributed by atoms with Gasteiger partial charge in [-0.1, -0.05) is 11.8 Å². The fourth-order valence-electron chi connectivity index (χ4n) is 3.04. The lowest BCUT2D eigenvalue weighted by molar-refractivity contribution is -0.134. The molecule has 0 atom stereocenters. The molecule has 3 N–H and O–H groups in total. The number of rotatable bonds is 4. The molecule has 34 heavy (non-hydrogen) atoms. The van der Waals surface area contributed by atoms with Crippen molar-refractivity contribution in [3.8, 4) is 34.8 Å². The van der Waals surface area contributed by atoms with E-state index >= 15 is 0 Å². The summed E-state index contributed by atoms with van der Waals surface area (Å²) in [5.41, 5.74) is 7.19. The first-order valence-electron chi connectivity index (χ1n) is 9.88. The molecular weight excluding hydrogens is 444 g/mol. The van der Waals surface area contributed by atoms with Crippen LogP contribution in [0.15, 0.2) is 30.5 Å². The number of ether oxygens (including phenoxy) is 4. The van der Waals surface area contributed by atoms with Crippen LogP contribution < -0.4 is 24.7 Å². The number of carbonyl (C=O) groups excluding carboxylic acids is 4. The van der Waals surface area contributed by atoms with Gasteiger partial charge in [-0.3, -0.25) is 19.2 Å². The van der Waals surface area contributed by atoms with E-state index in [1.54, 1.807) is 12.3 Å². The van der Waals surface area contributed by atoms with Gasteiger partial charge in [-0.25, -0.2) is 0 Å². The Balaban J connectivity index is 2.21. The van der Waals surface area contributed by atoms with Gasteiger partial charge < -0.3 is 29.7 Å². The zero-order valence-electron chi connectivity index (χ0n) is 18.7.